The van der Waals surface area contributed by atoms with E-state index in [0.717, 1.165) is 12.7 Å². The van der Waals surface area contributed by atoms with Crippen LogP contribution in [0.25, 0.3) is 0 Å². The molecule has 1 rings (SSSR count). The first-order valence-corrected chi connectivity index (χ1v) is 6.27. The largest absolute Gasteiger partial charge is 0.481 e. The van der Waals surface area contributed by atoms with Crippen LogP contribution < -0.4 is 9.47 Å². The van der Waals surface area contributed by atoms with Gasteiger partial charge in [-0.1, -0.05) is 18.7 Å². The average molecular weight is 256 g/mol. The number of carbonyl (C=O) groups excluding carboxylic acids is 1. The number of rotatable bonds is 7. The van der Waals surface area contributed by atoms with Crippen LogP contribution in [0.4, 0.5) is 0 Å². The highest BCUT2D eigenvalue weighted by molar-refractivity contribution is 7.99. The van der Waals surface area contributed by atoms with Gasteiger partial charge in [-0.15, -0.1) is 0 Å². The molecule has 1 atom stereocenters. The predicted molar refractivity (Wildman–Crippen MR) is 65.7 cm³/mol. The van der Waals surface area contributed by atoms with E-state index in [1.807, 2.05) is 6.92 Å². The third kappa shape index (κ3) is 4.22. The van der Waals surface area contributed by atoms with Crippen molar-refractivity contribution in [3.05, 3.63) is 6.07 Å². The molecule has 0 saturated carbocycles. The first kappa shape index (κ1) is 13.8. The topological polar surface area (TPSA) is 61.3 Å². The fourth-order valence-corrected chi connectivity index (χ4v) is 2.08. The number of nitrogens with zero attached hydrogens (tertiary/aromatic N) is 2. The van der Waals surface area contributed by atoms with Gasteiger partial charge in [0.1, 0.15) is 6.29 Å². The van der Waals surface area contributed by atoms with Gasteiger partial charge in [0.2, 0.25) is 11.8 Å². The Labute approximate surface area is 105 Å². The molecule has 1 aromatic rings. The Hall–Kier alpha value is -1.30. The third-order valence-electron chi connectivity index (χ3n) is 2.22. The van der Waals surface area contributed by atoms with Gasteiger partial charge in [-0.05, 0) is 6.42 Å². The molecule has 0 fully saturated rings. The summed E-state index contributed by atoms with van der Waals surface area (Å²) in [5.74, 6) is 1.61. The van der Waals surface area contributed by atoms with Crippen molar-refractivity contribution in [3.63, 3.8) is 0 Å². The summed E-state index contributed by atoms with van der Waals surface area (Å²) in [7, 11) is 3.08. The summed E-state index contributed by atoms with van der Waals surface area (Å²) in [6.07, 6.45) is 1.78. The first-order chi connectivity index (χ1) is 8.23. The molecule has 0 aliphatic carbocycles. The number of aromatic nitrogens is 2. The van der Waals surface area contributed by atoms with Gasteiger partial charge in [0.15, 0.2) is 5.16 Å². The second-order valence-electron chi connectivity index (χ2n) is 3.35. The maximum Gasteiger partial charge on any atom is 0.220 e. The Morgan fingerprint density at radius 3 is 2.35 bits per heavy atom. The van der Waals surface area contributed by atoms with Crippen LogP contribution >= 0.6 is 11.8 Å². The third-order valence-corrected chi connectivity index (χ3v) is 3.26. The van der Waals surface area contributed by atoms with Gasteiger partial charge in [-0.3, -0.25) is 0 Å². The Morgan fingerprint density at radius 2 is 1.94 bits per heavy atom. The molecule has 1 unspecified atom stereocenters. The van der Waals surface area contributed by atoms with Crippen molar-refractivity contribution in [1.82, 2.24) is 9.97 Å². The van der Waals surface area contributed by atoms with Gasteiger partial charge in [0.25, 0.3) is 0 Å². The SMILES string of the molecule is CCC(C=O)CSc1nc(OC)cc(OC)n1. The molecule has 0 spiro atoms. The van der Waals surface area contributed by atoms with Gasteiger partial charge in [-0.25, -0.2) is 0 Å². The number of carbonyl (C=O) groups is 1. The van der Waals surface area contributed by atoms with E-state index in [9.17, 15) is 4.79 Å². The van der Waals surface area contributed by atoms with Crippen LogP contribution in [0.1, 0.15) is 13.3 Å². The van der Waals surface area contributed by atoms with Crippen molar-refractivity contribution < 1.29 is 14.3 Å². The smallest absolute Gasteiger partial charge is 0.220 e. The Kier molecular flexibility index (Phi) is 5.76. The molecular weight excluding hydrogens is 240 g/mol. The van der Waals surface area contributed by atoms with Gasteiger partial charge < -0.3 is 14.3 Å². The number of ether oxygens (including phenoxy) is 2. The summed E-state index contributed by atoms with van der Waals surface area (Å²) in [5, 5.41) is 0.557. The molecule has 0 bridgehead atoms. The van der Waals surface area contributed by atoms with Gasteiger partial charge in [0, 0.05) is 11.7 Å². The number of methoxy groups -OCH3 is 2. The second kappa shape index (κ2) is 7.11. The van der Waals surface area contributed by atoms with E-state index in [-0.39, 0.29) is 5.92 Å². The van der Waals surface area contributed by atoms with Crippen LogP contribution in [0, 0.1) is 5.92 Å². The van der Waals surface area contributed by atoms with Gasteiger partial charge in [0.05, 0.1) is 20.3 Å². The quantitative estimate of drug-likeness (QED) is 0.421. The summed E-state index contributed by atoms with van der Waals surface area (Å²) in [5.41, 5.74) is 0. The molecule has 5 nitrogen and oxygen atoms in total. The van der Waals surface area contributed by atoms with E-state index in [1.54, 1.807) is 6.07 Å². The maximum absolute atomic E-state index is 10.7. The van der Waals surface area contributed by atoms with Gasteiger partial charge >= 0.3 is 0 Å². The lowest BCUT2D eigenvalue weighted by Gasteiger charge is -2.08. The highest BCUT2D eigenvalue weighted by atomic mass is 32.2. The maximum atomic E-state index is 10.7. The van der Waals surface area contributed by atoms with Crippen LogP contribution in [-0.2, 0) is 4.79 Å². The Bertz CT molecular complexity index is 351. The van der Waals surface area contributed by atoms with Crippen molar-refractivity contribution in [2.45, 2.75) is 18.5 Å². The molecular formula is C11H16N2O3S. The fourth-order valence-electron chi connectivity index (χ4n) is 1.09. The summed E-state index contributed by atoms with van der Waals surface area (Å²) in [6, 6.07) is 1.61. The first-order valence-electron chi connectivity index (χ1n) is 5.28. The monoisotopic (exact) mass is 256 g/mol. The summed E-state index contributed by atoms with van der Waals surface area (Å²) >= 11 is 1.42. The average Bonchev–Trinajstić information content (AvgIpc) is 2.39. The van der Waals surface area contributed by atoms with Gasteiger partial charge in [-0.2, -0.15) is 9.97 Å². The number of hydrogen-bond acceptors (Lipinski definition) is 6. The zero-order valence-electron chi connectivity index (χ0n) is 10.2. The molecule has 1 aromatic heterocycles. The van der Waals surface area contributed by atoms with E-state index in [1.165, 1.54) is 26.0 Å². The minimum absolute atomic E-state index is 0.0285. The van der Waals surface area contributed by atoms with Crippen molar-refractivity contribution in [2.75, 3.05) is 20.0 Å². The molecule has 0 aliphatic heterocycles. The molecule has 0 amide bonds. The van der Waals surface area contributed by atoms with Crippen molar-refractivity contribution >= 4 is 18.0 Å². The van der Waals surface area contributed by atoms with E-state index in [0.29, 0.717) is 22.7 Å². The van der Waals surface area contributed by atoms with Crippen molar-refractivity contribution in [3.8, 4) is 11.8 Å². The molecule has 1 heterocycles. The highest BCUT2D eigenvalue weighted by Gasteiger charge is 2.09. The lowest BCUT2D eigenvalue weighted by molar-refractivity contribution is -0.110. The number of aldehydes is 1. The zero-order chi connectivity index (χ0) is 12.7. The molecule has 0 N–H and O–H groups in total. The van der Waals surface area contributed by atoms with Crippen LogP contribution in [0.15, 0.2) is 11.2 Å². The molecule has 0 saturated heterocycles. The summed E-state index contributed by atoms with van der Waals surface area (Å²) < 4.78 is 10.1. The second-order valence-corrected chi connectivity index (χ2v) is 4.34. The van der Waals surface area contributed by atoms with Crippen LogP contribution in [0.3, 0.4) is 0 Å². The van der Waals surface area contributed by atoms with Crippen LogP contribution in [-0.4, -0.2) is 36.2 Å². The van der Waals surface area contributed by atoms with E-state index < -0.39 is 0 Å². The van der Waals surface area contributed by atoms with Crippen molar-refractivity contribution in [1.29, 1.82) is 0 Å². The Morgan fingerprint density at radius 1 is 1.35 bits per heavy atom. The highest BCUT2D eigenvalue weighted by Crippen LogP contribution is 2.23. The summed E-state index contributed by atoms with van der Waals surface area (Å²) in [6.45, 7) is 1.98. The predicted octanol–water partition coefficient (Wildman–Crippen LogP) is 1.81. The molecule has 0 aliphatic rings. The van der Waals surface area contributed by atoms with E-state index in [4.69, 9.17) is 9.47 Å². The lowest BCUT2D eigenvalue weighted by Crippen LogP contribution is -2.04. The molecule has 0 radical (unpaired) electrons. The zero-order valence-corrected chi connectivity index (χ0v) is 11.0. The van der Waals surface area contributed by atoms with Crippen LogP contribution in [0.5, 0.6) is 11.8 Å². The Balaban J connectivity index is 2.72. The lowest BCUT2D eigenvalue weighted by atomic mass is 10.1. The van der Waals surface area contributed by atoms with Crippen molar-refractivity contribution in [2.24, 2.45) is 5.92 Å². The number of thioether (sulfide) groups is 1. The molecule has 6 heteroatoms. The normalized spacial score (nSPS) is 11.9. The van der Waals surface area contributed by atoms with Crippen LogP contribution in [0.2, 0.25) is 0 Å². The standard InChI is InChI=1S/C11H16N2O3S/c1-4-8(6-14)7-17-11-12-9(15-2)5-10(13-11)16-3/h5-6,8H,4,7H2,1-3H3. The number of hydrogen-bond donors (Lipinski definition) is 0. The molecule has 94 valence electrons. The fraction of sp³-hybridized carbons (Fsp3) is 0.545. The molecule has 17 heavy (non-hydrogen) atoms. The van der Waals surface area contributed by atoms with E-state index >= 15 is 0 Å². The minimum atomic E-state index is 0.0285. The van der Waals surface area contributed by atoms with E-state index in [2.05, 4.69) is 9.97 Å². The molecule has 0 aromatic carbocycles. The minimum Gasteiger partial charge on any atom is -0.481 e. The summed E-state index contributed by atoms with van der Waals surface area (Å²) in [4.78, 5) is 19.0.